The zero-order valence-electron chi connectivity index (χ0n) is 18.6. The number of ether oxygens (including phenoxy) is 1. The number of piperidine rings is 1. The van der Waals surface area contributed by atoms with Gasteiger partial charge in [0.15, 0.2) is 5.96 Å². The van der Waals surface area contributed by atoms with Crippen molar-refractivity contribution in [2.75, 3.05) is 70.9 Å². The van der Waals surface area contributed by atoms with Crippen molar-refractivity contribution in [3.8, 4) is 5.75 Å². The number of rotatable bonds is 7. The lowest BCUT2D eigenvalue weighted by atomic mass is 9.94. The molecule has 6 heteroatoms. The lowest BCUT2D eigenvalue weighted by molar-refractivity contribution is 0.188. The molecule has 2 fully saturated rings. The number of piperazine rings is 1. The number of guanidine groups is 1. The van der Waals surface area contributed by atoms with Crippen LogP contribution in [-0.4, -0.2) is 81.8 Å². The van der Waals surface area contributed by atoms with E-state index in [1.807, 2.05) is 12.1 Å². The van der Waals surface area contributed by atoms with Crippen molar-refractivity contribution in [3.05, 3.63) is 24.3 Å². The minimum Gasteiger partial charge on any atom is -0.497 e. The number of aliphatic imine (C=N–C) groups is 1. The molecule has 0 bridgehead atoms. The molecule has 6 nitrogen and oxygen atoms in total. The van der Waals surface area contributed by atoms with Gasteiger partial charge in [-0.15, -0.1) is 0 Å². The molecule has 0 aromatic heterocycles. The maximum Gasteiger partial charge on any atom is 0.194 e. The summed E-state index contributed by atoms with van der Waals surface area (Å²) in [5, 5.41) is 3.51. The van der Waals surface area contributed by atoms with Gasteiger partial charge in [0.2, 0.25) is 0 Å². The van der Waals surface area contributed by atoms with E-state index in [1.54, 1.807) is 7.11 Å². The van der Waals surface area contributed by atoms with Gasteiger partial charge in [-0.1, -0.05) is 6.92 Å². The van der Waals surface area contributed by atoms with Crippen LogP contribution in [0, 0.1) is 5.92 Å². The number of likely N-dealkylation sites (tertiary alicyclic amines) is 1. The first-order valence-electron chi connectivity index (χ1n) is 11.4. The lowest BCUT2D eigenvalue weighted by Gasteiger charge is -2.38. The monoisotopic (exact) mass is 401 g/mol. The van der Waals surface area contributed by atoms with Crippen LogP contribution < -0.4 is 15.0 Å². The summed E-state index contributed by atoms with van der Waals surface area (Å²) >= 11 is 0. The molecule has 0 radical (unpaired) electrons. The lowest BCUT2D eigenvalue weighted by Crippen LogP contribution is -2.52. The minimum absolute atomic E-state index is 0.844. The summed E-state index contributed by atoms with van der Waals surface area (Å²) in [5.74, 6) is 2.85. The Bertz CT molecular complexity index is 617. The first-order chi connectivity index (χ1) is 14.2. The van der Waals surface area contributed by atoms with Crippen LogP contribution in [0.15, 0.2) is 29.3 Å². The summed E-state index contributed by atoms with van der Waals surface area (Å²) < 4.78 is 5.27. The van der Waals surface area contributed by atoms with Crippen LogP contribution >= 0.6 is 0 Å². The van der Waals surface area contributed by atoms with Crippen molar-refractivity contribution >= 4 is 11.6 Å². The van der Waals surface area contributed by atoms with Gasteiger partial charge < -0.3 is 24.8 Å². The highest BCUT2D eigenvalue weighted by Gasteiger charge is 2.21. The van der Waals surface area contributed by atoms with E-state index in [4.69, 9.17) is 9.73 Å². The van der Waals surface area contributed by atoms with E-state index >= 15 is 0 Å². The van der Waals surface area contributed by atoms with Crippen LogP contribution in [0.5, 0.6) is 5.75 Å². The van der Waals surface area contributed by atoms with Gasteiger partial charge in [0.25, 0.3) is 0 Å². The van der Waals surface area contributed by atoms with Gasteiger partial charge in [-0.3, -0.25) is 4.99 Å². The number of hydrogen-bond donors (Lipinski definition) is 1. The zero-order valence-corrected chi connectivity index (χ0v) is 18.6. The van der Waals surface area contributed by atoms with Crippen LogP contribution in [0.4, 0.5) is 5.69 Å². The van der Waals surface area contributed by atoms with E-state index in [2.05, 4.69) is 46.0 Å². The smallest absolute Gasteiger partial charge is 0.194 e. The number of hydrogen-bond acceptors (Lipinski definition) is 4. The van der Waals surface area contributed by atoms with Gasteiger partial charge in [-0.2, -0.15) is 0 Å². The fourth-order valence-electron chi connectivity index (χ4n) is 4.34. The van der Waals surface area contributed by atoms with Gasteiger partial charge in [-0.25, -0.2) is 0 Å². The predicted molar refractivity (Wildman–Crippen MR) is 122 cm³/mol. The Hall–Kier alpha value is -1.95. The zero-order chi connectivity index (χ0) is 20.5. The predicted octanol–water partition coefficient (Wildman–Crippen LogP) is 2.90. The first-order valence-corrected chi connectivity index (χ1v) is 11.4. The molecule has 29 heavy (non-hydrogen) atoms. The molecule has 1 aromatic rings. The molecule has 0 amide bonds. The quantitative estimate of drug-likeness (QED) is 0.562. The molecule has 0 atom stereocenters. The molecule has 0 spiro atoms. The summed E-state index contributed by atoms with van der Waals surface area (Å²) in [5.41, 5.74) is 1.27. The molecule has 2 aliphatic rings. The van der Waals surface area contributed by atoms with Gasteiger partial charge in [-0.05, 0) is 76.0 Å². The van der Waals surface area contributed by atoms with Gasteiger partial charge >= 0.3 is 0 Å². The van der Waals surface area contributed by atoms with Crippen LogP contribution in [0.2, 0.25) is 0 Å². The molecular weight excluding hydrogens is 362 g/mol. The Morgan fingerprint density at radius 2 is 1.72 bits per heavy atom. The molecule has 0 saturated carbocycles. The molecule has 2 aliphatic heterocycles. The summed E-state index contributed by atoms with van der Waals surface area (Å²) in [6.45, 7) is 14.1. The molecule has 0 unspecified atom stereocenters. The third kappa shape index (κ3) is 6.26. The standard InChI is InChI=1S/C23H39N5O/c1-4-24-23(25-13-10-20-11-14-26(5-2)15-12-20)28-18-16-27(17-19-28)21-6-8-22(29-3)9-7-21/h6-9,20H,4-5,10-19H2,1-3H3,(H,24,25). The van der Waals surface area contributed by atoms with Crippen LogP contribution in [0.1, 0.15) is 33.1 Å². The molecule has 1 N–H and O–H groups in total. The second kappa shape index (κ2) is 11.3. The van der Waals surface area contributed by atoms with Crippen molar-refractivity contribution in [3.63, 3.8) is 0 Å². The highest BCUT2D eigenvalue weighted by Crippen LogP contribution is 2.21. The number of methoxy groups -OCH3 is 1. The highest BCUT2D eigenvalue weighted by molar-refractivity contribution is 5.80. The number of anilines is 1. The molecule has 1 aromatic carbocycles. The largest absolute Gasteiger partial charge is 0.497 e. The van der Waals surface area contributed by atoms with E-state index in [-0.39, 0.29) is 0 Å². The van der Waals surface area contributed by atoms with Crippen LogP contribution in [0.3, 0.4) is 0 Å². The number of nitrogens with one attached hydrogen (secondary N) is 1. The van der Waals surface area contributed by atoms with E-state index in [0.717, 1.165) is 56.9 Å². The Kier molecular flexibility index (Phi) is 8.47. The van der Waals surface area contributed by atoms with Crippen LogP contribution in [0.25, 0.3) is 0 Å². The minimum atomic E-state index is 0.844. The maximum absolute atomic E-state index is 5.27. The van der Waals surface area contributed by atoms with E-state index in [0.29, 0.717) is 0 Å². The molecule has 2 heterocycles. The fourth-order valence-corrected chi connectivity index (χ4v) is 4.34. The third-order valence-electron chi connectivity index (χ3n) is 6.30. The van der Waals surface area contributed by atoms with Crippen LogP contribution in [-0.2, 0) is 0 Å². The maximum atomic E-state index is 5.27. The Labute approximate surface area is 176 Å². The summed E-state index contributed by atoms with van der Waals surface area (Å²) in [6.07, 6.45) is 3.89. The average Bonchev–Trinajstić information content (AvgIpc) is 2.79. The molecule has 3 rings (SSSR count). The summed E-state index contributed by atoms with van der Waals surface area (Å²) in [7, 11) is 1.71. The second-order valence-electron chi connectivity index (χ2n) is 8.07. The van der Waals surface area contributed by atoms with Crippen molar-refractivity contribution in [1.82, 2.24) is 15.1 Å². The molecular formula is C23H39N5O. The Balaban J connectivity index is 1.47. The normalized spacial score (nSPS) is 19.5. The topological polar surface area (TPSA) is 43.3 Å². The fraction of sp³-hybridized carbons (Fsp3) is 0.696. The van der Waals surface area contributed by atoms with E-state index in [1.165, 1.54) is 44.6 Å². The van der Waals surface area contributed by atoms with E-state index < -0.39 is 0 Å². The number of nitrogens with zero attached hydrogens (tertiary/aromatic N) is 4. The first kappa shape index (κ1) is 21.8. The SMILES string of the molecule is CCNC(=NCCC1CCN(CC)CC1)N1CCN(c2ccc(OC)cc2)CC1. The summed E-state index contributed by atoms with van der Waals surface area (Å²) in [4.78, 5) is 12.4. The van der Waals surface area contributed by atoms with Gasteiger partial charge in [0.05, 0.1) is 7.11 Å². The van der Waals surface area contributed by atoms with Gasteiger partial charge in [0, 0.05) is 45.0 Å². The second-order valence-corrected chi connectivity index (χ2v) is 8.07. The number of benzene rings is 1. The highest BCUT2D eigenvalue weighted by atomic mass is 16.5. The van der Waals surface area contributed by atoms with Crippen molar-refractivity contribution in [2.24, 2.45) is 10.9 Å². The van der Waals surface area contributed by atoms with E-state index in [9.17, 15) is 0 Å². The Morgan fingerprint density at radius 3 is 2.31 bits per heavy atom. The van der Waals surface area contributed by atoms with Crippen molar-refractivity contribution in [1.29, 1.82) is 0 Å². The molecule has 0 aliphatic carbocycles. The third-order valence-corrected chi connectivity index (χ3v) is 6.30. The summed E-state index contributed by atoms with van der Waals surface area (Å²) in [6, 6.07) is 8.38. The molecule has 162 valence electrons. The van der Waals surface area contributed by atoms with Crippen molar-refractivity contribution < 1.29 is 4.74 Å². The van der Waals surface area contributed by atoms with Gasteiger partial charge in [0.1, 0.15) is 5.75 Å². The average molecular weight is 402 g/mol. The van der Waals surface area contributed by atoms with Crippen molar-refractivity contribution in [2.45, 2.75) is 33.1 Å². The Morgan fingerprint density at radius 1 is 1.03 bits per heavy atom. The molecule has 2 saturated heterocycles.